The Morgan fingerprint density at radius 3 is 2.34 bits per heavy atom. The van der Waals surface area contributed by atoms with Crippen LogP contribution < -0.4 is 14.4 Å². The Bertz CT molecular complexity index is 1280. The van der Waals surface area contributed by atoms with Crippen molar-refractivity contribution in [3.63, 3.8) is 0 Å². The molecule has 0 spiro atoms. The van der Waals surface area contributed by atoms with E-state index in [0.717, 1.165) is 39.3 Å². The van der Waals surface area contributed by atoms with E-state index in [4.69, 9.17) is 9.47 Å². The molecule has 0 aliphatic carbocycles. The van der Waals surface area contributed by atoms with Gasteiger partial charge in [0.15, 0.2) is 12.4 Å². The Kier molecular flexibility index (Phi) is 6.75. The molecule has 1 amide bonds. The van der Waals surface area contributed by atoms with Gasteiger partial charge >= 0.3 is 0 Å². The van der Waals surface area contributed by atoms with Crippen molar-refractivity contribution in [3.05, 3.63) is 78.9 Å². The zero-order valence-electron chi connectivity index (χ0n) is 19.8. The van der Waals surface area contributed by atoms with Crippen LogP contribution in [0.3, 0.4) is 0 Å². The van der Waals surface area contributed by atoms with Gasteiger partial charge in [-0.15, -0.1) is 10.2 Å². The number of benzene rings is 3. The van der Waals surface area contributed by atoms with E-state index >= 15 is 0 Å². The second kappa shape index (κ2) is 10.4. The highest BCUT2D eigenvalue weighted by Crippen LogP contribution is 2.25. The zero-order chi connectivity index (χ0) is 24.0. The van der Waals surface area contributed by atoms with Crippen molar-refractivity contribution in [2.24, 2.45) is 0 Å². The lowest BCUT2D eigenvalue weighted by molar-refractivity contribution is -0.133. The Balaban J connectivity index is 1.14. The lowest BCUT2D eigenvalue weighted by atomic mass is 10.1. The second-order valence-electron chi connectivity index (χ2n) is 8.37. The van der Waals surface area contributed by atoms with Crippen molar-refractivity contribution in [1.82, 2.24) is 15.1 Å². The molecule has 0 saturated carbocycles. The summed E-state index contributed by atoms with van der Waals surface area (Å²) < 4.78 is 11.4. The average molecular weight is 469 g/mol. The van der Waals surface area contributed by atoms with Crippen molar-refractivity contribution in [1.29, 1.82) is 0 Å². The summed E-state index contributed by atoms with van der Waals surface area (Å²) in [5.74, 6) is 2.39. The van der Waals surface area contributed by atoms with Crippen LogP contribution in [0.15, 0.2) is 78.9 Å². The fourth-order valence-corrected chi connectivity index (χ4v) is 4.27. The number of carbonyl (C=O) groups excluding carboxylic acids is 1. The van der Waals surface area contributed by atoms with Crippen molar-refractivity contribution < 1.29 is 14.3 Å². The van der Waals surface area contributed by atoms with Gasteiger partial charge in [-0.05, 0) is 54.8 Å². The summed E-state index contributed by atoms with van der Waals surface area (Å²) in [5, 5.41) is 10.9. The van der Waals surface area contributed by atoms with Crippen LogP contribution in [0, 0.1) is 0 Å². The number of carbonyl (C=O) groups is 1. The molecule has 7 nitrogen and oxygen atoms in total. The molecular formula is C28H28N4O3. The number of anilines is 1. The first-order valence-corrected chi connectivity index (χ1v) is 11.9. The smallest absolute Gasteiger partial charge is 0.260 e. The normalized spacial score (nSPS) is 13.6. The lowest BCUT2D eigenvalue weighted by Gasteiger charge is -2.35. The molecule has 7 heteroatoms. The largest absolute Gasteiger partial charge is 0.494 e. The monoisotopic (exact) mass is 468 g/mol. The quantitative estimate of drug-likeness (QED) is 0.400. The molecule has 0 atom stereocenters. The van der Waals surface area contributed by atoms with E-state index in [0.29, 0.717) is 32.8 Å². The van der Waals surface area contributed by atoms with E-state index in [-0.39, 0.29) is 12.5 Å². The molecule has 4 aromatic rings. The van der Waals surface area contributed by atoms with E-state index in [1.165, 1.54) is 0 Å². The van der Waals surface area contributed by atoms with Gasteiger partial charge in [0.05, 0.1) is 12.3 Å². The first-order chi connectivity index (χ1) is 17.2. The number of rotatable bonds is 7. The molecule has 0 radical (unpaired) electrons. The van der Waals surface area contributed by atoms with Gasteiger partial charge in [-0.3, -0.25) is 4.79 Å². The molecule has 2 heterocycles. The fourth-order valence-electron chi connectivity index (χ4n) is 4.27. The predicted octanol–water partition coefficient (Wildman–Crippen LogP) is 4.42. The number of hydrogen-bond donors (Lipinski definition) is 0. The fraction of sp³-hybridized carbons (Fsp3) is 0.250. The molecular weight excluding hydrogens is 440 g/mol. The third kappa shape index (κ3) is 5.19. The van der Waals surface area contributed by atoms with Crippen LogP contribution in [0.4, 0.5) is 5.82 Å². The highest BCUT2D eigenvalue weighted by Gasteiger charge is 2.22. The van der Waals surface area contributed by atoms with Crippen LogP contribution in [0.5, 0.6) is 11.5 Å². The summed E-state index contributed by atoms with van der Waals surface area (Å²) in [7, 11) is 0. The first kappa shape index (κ1) is 22.7. The molecule has 1 aliphatic rings. The van der Waals surface area contributed by atoms with Crippen LogP contribution in [0.25, 0.3) is 22.0 Å². The van der Waals surface area contributed by atoms with E-state index in [2.05, 4.69) is 15.1 Å². The number of nitrogens with zero attached hydrogens (tertiary/aromatic N) is 4. The van der Waals surface area contributed by atoms with Crippen LogP contribution >= 0.6 is 0 Å². The van der Waals surface area contributed by atoms with Crippen LogP contribution in [-0.4, -0.2) is 60.4 Å². The minimum absolute atomic E-state index is 0.00508. The van der Waals surface area contributed by atoms with Gasteiger partial charge in [0.2, 0.25) is 0 Å². The van der Waals surface area contributed by atoms with E-state index < -0.39 is 0 Å². The summed E-state index contributed by atoms with van der Waals surface area (Å²) in [6.07, 6.45) is 0. The van der Waals surface area contributed by atoms with Gasteiger partial charge in [-0.1, -0.05) is 36.4 Å². The zero-order valence-corrected chi connectivity index (χ0v) is 19.8. The van der Waals surface area contributed by atoms with Crippen molar-refractivity contribution in [2.75, 3.05) is 44.3 Å². The maximum atomic E-state index is 12.8. The van der Waals surface area contributed by atoms with Gasteiger partial charge in [-0.25, -0.2) is 0 Å². The summed E-state index contributed by atoms with van der Waals surface area (Å²) in [4.78, 5) is 16.8. The van der Waals surface area contributed by atoms with Gasteiger partial charge in [0.1, 0.15) is 11.5 Å². The van der Waals surface area contributed by atoms with Crippen LogP contribution in [0.1, 0.15) is 6.92 Å². The molecule has 35 heavy (non-hydrogen) atoms. The number of hydrogen-bond acceptors (Lipinski definition) is 6. The van der Waals surface area contributed by atoms with Gasteiger partial charge in [0.25, 0.3) is 5.91 Å². The topological polar surface area (TPSA) is 67.8 Å². The highest BCUT2D eigenvalue weighted by molar-refractivity contribution is 5.88. The van der Waals surface area contributed by atoms with Crippen LogP contribution in [-0.2, 0) is 4.79 Å². The maximum Gasteiger partial charge on any atom is 0.260 e. The Morgan fingerprint density at radius 1 is 0.829 bits per heavy atom. The highest BCUT2D eigenvalue weighted by atomic mass is 16.5. The first-order valence-electron chi connectivity index (χ1n) is 11.9. The lowest BCUT2D eigenvalue weighted by Crippen LogP contribution is -2.50. The molecule has 0 unspecified atom stereocenters. The summed E-state index contributed by atoms with van der Waals surface area (Å²) in [6.45, 7) is 5.30. The molecule has 1 aliphatic heterocycles. The Hall–Kier alpha value is -4.13. The van der Waals surface area contributed by atoms with Crippen molar-refractivity contribution >= 4 is 22.5 Å². The molecule has 0 N–H and O–H groups in total. The van der Waals surface area contributed by atoms with E-state index in [9.17, 15) is 4.79 Å². The number of ether oxygens (including phenoxy) is 2. The third-order valence-corrected chi connectivity index (χ3v) is 6.17. The number of piperazine rings is 1. The minimum Gasteiger partial charge on any atom is -0.494 e. The molecule has 3 aromatic carbocycles. The second-order valence-corrected chi connectivity index (χ2v) is 8.37. The Labute approximate surface area is 204 Å². The van der Waals surface area contributed by atoms with Crippen LogP contribution in [0.2, 0.25) is 0 Å². The summed E-state index contributed by atoms with van der Waals surface area (Å²) >= 11 is 0. The van der Waals surface area contributed by atoms with Gasteiger partial charge in [0, 0.05) is 37.1 Å². The number of fused-ring (bicyclic) bond motifs is 1. The molecule has 1 fully saturated rings. The van der Waals surface area contributed by atoms with Crippen molar-refractivity contribution in [3.8, 4) is 22.8 Å². The van der Waals surface area contributed by atoms with Gasteiger partial charge < -0.3 is 19.3 Å². The van der Waals surface area contributed by atoms with Crippen molar-refractivity contribution in [2.45, 2.75) is 6.92 Å². The molecule has 178 valence electrons. The molecule has 1 saturated heterocycles. The number of amides is 1. The summed E-state index contributed by atoms with van der Waals surface area (Å²) in [5.41, 5.74) is 1.81. The Morgan fingerprint density at radius 2 is 1.60 bits per heavy atom. The minimum atomic E-state index is -0.00508. The average Bonchev–Trinajstić information content (AvgIpc) is 2.92. The predicted molar refractivity (Wildman–Crippen MR) is 137 cm³/mol. The third-order valence-electron chi connectivity index (χ3n) is 6.17. The van der Waals surface area contributed by atoms with E-state index in [1.54, 1.807) is 0 Å². The van der Waals surface area contributed by atoms with E-state index in [1.807, 2.05) is 90.7 Å². The SMILES string of the molecule is CCOc1ccc(-c2ccc(N3CCN(C(=O)COc4cccc5ccccc45)CC3)nn2)cc1. The standard InChI is InChI=1S/C28H28N4O3/c1-2-34-23-12-10-22(11-13-23)25-14-15-27(30-29-25)31-16-18-32(19-17-31)28(33)20-35-26-9-5-7-21-6-3-4-8-24(21)26/h3-15H,2,16-20H2,1H3. The van der Waals surface area contributed by atoms with Gasteiger partial charge in [-0.2, -0.15) is 0 Å². The summed E-state index contributed by atoms with van der Waals surface area (Å²) in [6, 6.07) is 25.7. The maximum absolute atomic E-state index is 12.8. The molecule has 5 rings (SSSR count). The number of aromatic nitrogens is 2. The molecule has 0 bridgehead atoms. The molecule has 1 aromatic heterocycles.